The van der Waals surface area contributed by atoms with Crippen molar-refractivity contribution in [2.24, 2.45) is 0 Å². The van der Waals surface area contributed by atoms with Crippen LogP contribution in [0.5, 0.6) is 0 Å². The van der Waals surface area contributed by atoms with E-state index in [2.05, 4.69) is 0 Å². The Bertz CT molecular complexity index is 616. The highest BCUT2D eigenvalue weighted by Crippen LogP contribution is 2.20. The fraction of sp³-hybridized carbons (Fsp3) is 0.312. The lowest BCUT2D eigenvalue weighted by Gasteiger charge is -2.21. The molecule has 1 saturated heterocycles. The summed E-state index contributed by atoms with van der Waals surface area (Å²) >= 11 is 0. The van der Waals surface area contributed by atoms with Crippen LogP contribution in [-0.4, -0.2) is 34.5 Å². The van der Waals surface area contributed by atoms with Crippen molar-refractivity contribution in [3.8, 4) is 6.07 Å². The van der Waals surface area contributed by atoms with Gasteiger partial charge < -0.3 is 10.0 Å². The van der Waals surface area contributed by atoms with E-state index in [1.165, 1.54) is 6.08 Å². The number of likely N-dealkylation sites (tertiary alicyclic amines) is 1. The maximum absolute atomic E-state index is 12.1. The summed E-state index contributed by atoms with van der Waals surface area (Å²) in [6, 6.07) is 8.79. The molecule has 0 saturated carbocycles. The second-order valence-electron chi connectivity index (χ2n) is 5.00. The van der Waals surface area contributed by atoms with Crippen molar-refractivity contribution in [3.05, 3.63) is 41.5 Å². The van der Waals surface area contributed by atoms with Gasteiger partial charge in [0.2, 0.25) is 5.91 Å². The van der Waals surface area contributed by atoms with Crippen LogP contribution in [0.1, 0.15) is 30.4 Å². The zero-order valence-corrected chi connectivity index (χ0v) is 11.5. The van der Waals surface area contributed by atoms with E-state index in [0.717, 1.165) is 18.4 Å². The van der Waals surface area contributed by atoms with Crippen LogP contribution in [0.2, 0.25) is 0 Å². The Morgan fingerprint density at radius 2 is 2.29 bits per heavy atom. The Balaban J connectivity index is 2.04. The number of hydrogen-bond acceptors (Lipinski definition) is 3. The molecule has 1 aliphatic heterocycles. The minimum Gasteiger partial charge on any atom is -0.481 e. The second kappa shape index (κ2) is 6.71. The third-order valence-electron chi connectivity index (χ3n) is 3.50. The van der Waals surface area contributed by atoms with Crippen molar-refractivity contribution in [1.82, 2.24) is 4.90 Å². The van der Waals surface area contributed by atoms with Crippen molar-refractivity contribution in [1.29, 1.82) is 5.26 Å². The van der Waals surface area contributed by atoms with Crippen LogP contribution >= 0.6 is 0 Å². The molecule has 1 heterocycles. The van der Waals surface area contributed by atoms with Gasteiger partial charge in [0.1, 0.15) is 0 Å². The zero-order valence-electron chi connectivity index (χ0n) is 11.5. The first-order valence-electron chi connectivity index (χ1n) is 6.81. The van der Waals surface area contributed by atoms with Gasteiger partial charge in [-0.3, -0.25) is 9.59 Å². The molecule has 1 aromatic rings. The molecule has 1 atom stereocenters. The van der Waals surface area contributed by atoms with E-state index in [0.29, 0.717) is 12.1 Å². The molecule has 1 fully saturated rings. The van der Waals surface area contributed by atoms with Crippen molar-refractivity contribution < 1.29 is 14.7 Å². The maximum Gasteiger partial charge on any atom is 0.305 e. The van der Waals surface area contributed by atoms with Gasteiger partial charge in [-0.1, -0.05) is 12.1 Å². The van der Waals surface area contributed by atoms with Crippen LogP contribution in [0.3, 0.4) is 0 Å². The van der Waals surface area contributed by atoms with Gasteiger partial charge in [-0.25, -0.2) is 0 Å². The van der Waals surface area contributed by atoms with Gasteiger partial charge in [0, 0.05) is 18.7 Å². The Morgan fingerprint density at radius 1 is 1.48 bits per heavy atom. The number of carboxylic acid groups (broad SMARTS) is 1. The number of aliphatic carboxylic acids is 1. The van der Waals surface area contributed by atoms with E-state index in [1.807, 2.05) is 12.1 Å². The number of benzene rings is 1. The Kier molecular flexibility index (Phi) is 4.72. The van der Waals surface area contributed by atoms with Gasteiger partial charge in [0.15, 0.2) is 0 Å². The molecule has 0 aliphatic carbocycles. The second-order valence-corrected chi connectivity index (χ2v) is 5.00. The quantitative estimate of drug-likeness (QED) is 0.858. The molecule has 1 N–H and O–H groups in total. The predicted octanol–water partition coefficient (Wildman–Crippen LogP) is 2.04. The maximum atomic E-state index is 12.1. The topological polar surface area (TPSA) is 81.4 Å². The lowest BCUT2D eigenvalue weighted by Crippen LogP contribution is -2.35. The number of carboxylic acids is 1. The van der Waals surface area contributed by atoms with Gasteiger partial charge in [-0.05, 0) is 36.6 Å². The monoisotopic (exact) mass is 284 g/mol. The number of rotatable bonds is 4. The Hall–Kier alpha value is -2.61. The largest absolute Gasteiger partial charge is 0.481 e. The molecule has 2 rings (SSSR count). The molecule has 21 heavy (non-hydrogen) atoms. The molecule has 5 nitrogen and oxygen atoms in total. The number of hydrogen-bond donors (Lipinski definition) is 1. The Morgan fingerprint density at radius 3 is 3.00 bits per heavy atom. The van der Waals surface area contributed by atoms with Crippen molar-refractivity contribution in [2.45, 2.75) is 25.3 Å². The SMILES string of the molecule is N#Cc1cccc(C=CC(=O)N2CCCC2CC(=O)O)c1. The molecular formula is C16H16N2O3. The van der Waals surface area contributed by atoms with Crippen LogP contribution in [0.4, 0.5) is 0 Å². The summed E-state index contributed by atoms with van der Waals surface area (Å²) in [5, 5.41) is 17.7. The summed E-state index contributed by atoms with van der Waals surface area (Å²) in [7, 11) is 0. The van der Waals surface area contributed by atoms with E-state index < -0.39 is 5.97 Å². The van der Waals surface area contributed by atoms with E-state index in [9.17, 15) is 9.59 Å². The number of carbonyl (C=O) groups excluding carboxylic acids is 1. The minimum absolute atomic E-state index is 0.0104. The minimum atomic E-state index is -0.884. The zero-order chi connectivity index (χ0) is 15.2. The number of amides is 1. The number of carbonyl (C=O) groups is 2. The molecule has 5 heteroatoms. The summed E-state index contributed by atoms with van der Waals surface area (Å²) < 4.78 is 0. The highest BCUT2D eigenvalue weighted by atomic mass is 16.4. The molecule has 1 aliphatic rings. The smallest absolute Gasteiger partial charge is 0.305 e. The first-order valence-corrected chi connectivity index (χ1v) is 6.81. The normalized spacial score (nSPS) is 17.9. The molecule has 0 bridgehead atoms. The summed E-state index contributed by atoms with van der Waals surface area (Å²) in [5.41, 5.74) is 1.31. The fourth-order valence-corrected chi connectivity index (χ4v) is 2.51. The van der Waals surface area contributed by atoms with Crippen LogP contribution in [-0.2, 0) is 9.59 Å². The highest BCUT2D eigenvalue weighted by Gasteiger charge is 2.28. The average molecular weight is 284 g/mol. The van der Waals surface area contributed by atoms with Crippen LogP contribution in [0, 0.1) is 11.3 Å². The molecule has 108 valence electrons. The van der Waals surface area contributed by atoms with Gasteiger partial charge in [0.25, 0.3) is 0 Å². The van der Waals surface area contributed by atoms with E-state index in [4.69, 9.17) is 10.4 Å². The molecule has 0 radical (unpaired) electrons. The predicted molar refractivity (Wildman–Crippen MR) is 77.2 cm³/mol. The Labute approximate surface area is 123 Å². The van der Waals surface area contributed by atoms with E-state index in [1.54, 1.807) is 29.2 Å². The molecule has 0 aromatic heterocycles. The first-order chi connectivity index (χ1) is 10.1. The van der Waals surface area contributed by atoms with Gasteiger partial charge in [-0.15, -0.1) is 0 Å². The molecule has 1 unspecified atom stereocenters. The van der Waals surface area contributed by atoms with Crippen molar-refractivity contribution in [2.75, 3.05) is 6.54 Å². The third-order valence-corrected chi connectivity index (χ3v) is 3.50. The highest BCUT2D eigenvalue weighted by molar-refractivity contribution is 5.92. The average Bonchev–Trinajstić information content (AvgIpc) is 2.92. The number of nitrogens with zero attached hydrogens (tertiary/aromatic N) is 2. The van der Waals surface area contributed by atoms with Crippen molar-refractivity contribution in [3.63, 3.8) is 0 Å². The lowest BCUT2D eigenvalue weighted by molar-refractivity contribution is -0.139. The third kappa shape index (κ3) is 3.93. The van der Waals surface area contributed by atoms with E-state index in [-0.39, 0.29) is 18.4 Å². The molecule has 1 amide bonds. The summed E-state index contributed by atoms with van der Waals surface area (Å²) in [6.45, 7) is 0.597. The molecular weight excluding hydrogens is 268 g/mol. The van der Waals surface area contributed by atoms with E-state index >= 15 is 0 Å². The van der Waals surface area contributed by atoms with Gasteiger partial charge >= 0.3 is 5.97 Å². The van der Waals surface area contributed by atoms with Gasteiger partial charge in [-0.2, -0.15) is 5.26 Å². The summed E-state index contributed by atoms with van der Waals surface area (Å²) in [4.78, 5) is 24.5. The lowest BCUT2D eigenvalue weighted by atomic mass is 10.1. The van der Waals surface area contributed by atoms with Crippen LogP contribution in [0.15, 0.2) is 30.3 Å². The number of nitriles is 1. The summed E-state index contributed by atoms with van der Waals surface area (Å²) in [5.74, 6) is -1.06. The molecule has 1 aromatic carbocycles. The summed E-state index contributed by atoms with van der Waals surface area (Å²) in [6.07, 6.45) is 4.65. The standard InChI is InChI=1S/C16H16N2O3/c17-11-13-4-1-3-12(9-13)6-7-15(19)18-8-2-5-14(18)10-16(20)21/h1,3-4,6-7,9,14H,2,5,8,10H2,(H,20,21). The first kappa shape index (κ1) is 14.8. The van der Waals surface area contributed by atoms with Crippen LogP contribution < -0.4 is 0 Å². The van der Waals surface area contributed by atoms with Crippen molar-refractivity contribution >= 4 is 18.0 Å². The van der Waals surface area contributed by atoms with Crippen LogP contribution in [0.25, 0.3) is 6.08 Å². The van der Waals surface area contributed by atoms with Gasteiger partial charge in [0.05, 0.1) is 18.1 Å². The molecule has 0 spiro atoms. The fourth-order valence-electron chi connectivity index (χ4n) is 2.51.